The van der Waals surface area contributed by atoms with E-state index in [2.05, 4.69) is 24.8 Å². The molecule has 0 aliphatic heterocycles. The zero-order valence-corrected chi connectivity index (χ0v) is 17.0. The van der Waals surface area contributed by atoms with Crippen LogP contribution in [0.25, 0.3) is 0 Å². The minimum absolute atomic E-state index is 0.319. The Morgan fingerprint density at radius 2 is 1.62 bits per heavy atom. The number of ether oxygens (including phenoxy) is 1. The number of likely N-dealkylation sites (N-methyl/N-ethyl adjacent to an activating group) is 1. The highest BCUT2D eigenvalue weighted by atomic mass is 32.2. The molecule has 142 valence electrons. The van der Waals surface area contributed by atoms with Gasteiger partial charge in [0.15, 0.2) is 0 Å². The maximum Gasteiger partial charge on any atom is 0.242 e. The van der Waals surface area contributed by atoms with Gasteiger partial charge in [0.1, 0.15) is 12.4 Å². The zero-order chi connectivity index (χ0) is 19.3. The van der Waals surface area contributed by atoms with Gasteiger partial charge in [0, 0.05) is 27.2 Å². The minimum atomic E-state index is -3.41. The maximum atomic E-state index is 12.2. The largest absolute Gasteiger partial charge is 0.492 e. The molecule has 2 aromatic rings. The predicted octanol–water partition coefficient (Wildman–Crippen LogP) is 3.06. The molecule has 0 spiro atoms. The highest BCUT2D eigenvalue weighted by molar-refractivity contribution is 7.89. The summed E-state index contributed by atoms with van der Waals surface area (Å²) in [7, 11) is 1.67. The van der Waals surface area contributed by atoms with Crippen molar-refractivity contribution in [3.63, 3.8) is 0 Å². The van der Waals surface area contributed by atoms with Gasteiger partial charge in [-0.2, -0.15) is 0 Å². The molecule has 5 nitrogen and oxygen atoms in total. The van der Waals surface area contributed by atoms with Crippen LogP contribution in [0.5, 0.6) is 5.75 Å². The Morgan fingerprint density at radius 3 is 2.23 bits per heavy atom. The van der Waals surface area contributed by atoms with Crippen LogP contribution in [0, 0.1) is 13.8 Å². The van der Waals surface area contributed by atoms with E-state index in [-0.39, 0.29) is 0 Å². The number of benzene rings is 2. The standard InChI is InChI=1S/C20H28N2O3S/c1-16-11-17(2)13-19(12-16)25-10-9-22(5)15-18-7-6-8-20(14-18)26(23,24)21(3)4/h6-8,11-14H,9-10,15H2,1-5H3. The van der Waals surface area contributed by atoms with Gasteiger partial charge in [0.2, 0.25) is 10.0 Å². The van der Waals surface area contributed by atoms with Crippen LogP contribution in [0.2, 0.25) is 0 Å². The van der Waals surface area contributed by atoms with Crippen LogP contribution in [0.3, 0.4) is 0 Å². The summed E-state index contributed by atoms with van der Waals surface area (Å²) in [5, 5.41) is 0. The van der Waals surface area contributed by atoms with Gasteiger partial charge in [-0.3, -0.25) is 4.90 Å². The van der Waals surface area contributed by atoms with Crippen molar-refractivity contribution in [2.45, 2.75) is 25.3 Å². The van der Waals surface area contributed by atoms with E-state index in [0.717, 1.165) is 17.9 Å². The number of aryl methyl sites for hydroxylation is 2. The van der Waals surface area contributed by atoms with E-state index in [1.807, 2.05) is 25.2 Å². The summed E-state index contributed by atoms with van der Waals surface area (Å²) in [4.78, 5) is 2.43. The second kappa shape index (κ2) is 8.66. The molecule has 2 rings (SSSR count). The van der Waals surface area contributed by atoms with Gasteiger partial charge in [0.05, 0.1) is 4.90 Å². The lowest BCUT2D eigenvalue weighted by atomic mass is 10.1. The fourth-order valence-electron chi connectivity index (χ4n) is 2.74. The highest BCUT2D eigenvalue weighted by Crippen LogP contribution is 2.17. The number of nitrogens with zero attached hydrogens (tertiary/aromatic N) is 2. The second-order valence-corrected chi connectivity index (χ2v) is 9.00. The lowest BCUT2D eigenvalue weighted by Crippen LogP contribution is -2.25. The molecule has 26 heavy (non-hydrogen) atoms. The first-order valence-corrected chi connectivity index (χ1v) is 10.0. The van der Waals surface area contributed by atoms with Crippen LogP contribution in [-0.2, 0) is 16.6 Å². The molecule has 0 saturated heterocycles. The topological polar surface area (TPSA) is 49.9 Å². The van der Waals surface area contributed by atoms with Crippen LogP contribution in [0.4, 0.5) is 0 Å². The van der Waals surface area contributed by atoms with Gasteiger partial charge in [-0.1, -0.05) is 18.2 Å². The molecule has 0 radical (unpaired) electrons. The molecular formula is C20H28N2O3S. The minimum Gasteiger partial charge on any atom is -0.492 e. The van der Waals surface area contributed by atoms with Crippen LogP contribution < -0.4 is 4.74 Å². The van der Waals surface area contributed by atoms with Crippen LogP contribution in [0.1, 0.15) is 16.7 Å². The first kappa shape index (κ1) is 20.4. The summed E-state index contributed by atoms with van der Waals surface area (Å²) in [5.74, 6) is 0.884. The predicted molar refractivity (Wildman–Crippen MR) is 105 cm³/mol. The van der Waals surface area contributed by atoms with Crippen LogP contribution >= 0.6 is 0 Å². The molecule has 0 unspecified atom stereocenters. The Hall–Kier alpha value is -1.89. The van der Waals surface area contributed by atoms with Crippen molar-refractivity contribution < 1.29 is 13.2 Å². The molecule has 0 atom stereocenters. The second-order valence-electron chi connectivity index (χ2n) is 6.84. The van der Waals surface area contributed by atoms with Gasteiger partial charge < -0.3 is 4.74 Å². The molecule has 0 fully saturated rings. The van der Waals surface area contributed by atoms with E-state index < -0.39 is 10.0 Å². The molecule has 0 aliphatic carbocycles. The van der Waals surface area contributed by atoms with E-state index in [9.17, 15) is 8.42 Å². The Balaban J connectivity index is 1.93. The Labute approximate surface area is 157 Å². The quantitative estimate of drug-likeness (QED) is 0.710. The molecule has 0 aromatic heterocycles. The molecule has 6 heteroatoms. The molecule has 0 heterocycles. The highest BCUT2D eigenvalue weighted by Gasteiger charge is 2.17. The Morgan fingerprint density at radius 1 is 0.962 bits per heavy atom. The molecule has 0 bridgehead atoms. The smallest absolute Gasteiger partial charge is 0.242 e. The molecule has 0 N–H and O–H groups in total. The summed E-state index contributed by atoms with van der Waals surface area (Å²) >= 11 is 0. The van der Waals surface area contributed by atoms with Gasteiger partial charge in [0.25, 0.3) is 0 Å². The third-order valence-corrected chi connectivity index (χ3v) is 5.88. The van der Waals surface area contributed by atoms with E-state index in [0.29, 0.717) is 18.0 Å². The first-order valence-electron chi connectivity index (χ1n) is 8.59. The third-order valence-electron chi connectivity index (χ3n) is 4.07. The normalized spacial score (nSPS) is 12.0. The lowest BCUT2D eigenvalue weighted by molar-refractivity contribution is 0.232. The summed E-state index contributed by atoms with van der Waals surface area (Å²) in [6, 6.07) is 13.3. The van der Waals surface area contributed by atoms with Crippen molar-refractivity contribution in [3.8, 4) is 5.75 Å². The van der Waals surface area contributed by atoms with Gasteiger partial charge in [-0.25, -0.2) is 12.7 Å². The number of hydrogen-bond donors (Lipinski definition) is 0. The molecule has 2 aromatic carbocycles. The molecule has 0 amide bonds. The Bertz CT molecular complexity index is 828. The molecular weight excluding hydrogens is 348 g/mol. The fourth-order valence-corrected chi connectivity index (χ4v) is 3.71. The average Bonchev–Trinajstić information content (AvgIpc) is 2.54. The van der Waals surface area contributed by atoms with E-state index in [1.165, 1.54) is 15.4 Å². The van der Waals surface area contributed by atoms with E-state index >= 15 is 0 Å². The first-order chi connectivity index (χ1) is 12.2. The Kier molecular flexibility index (Phi) is 6.81. The van der Waals surface area contributed by atoms with Crippen molar-refractivity contribution in [3.05, 3.63) is 59.2 Å². The average molecular weight is 377 g/mol. The van der Waals surface area contributed by atoms with Crippen molar-refractivity contribution in [1.82, 2.24) is 9.21 Å². The summed E-state index contributed by atoms with van der Waals surface area (Å²) in [6.07, 6.45) is 0. The number of rotatable bonds is 8. The van der Waals surface area contributed by atoms with Crippen molar-refractivity contribution >= 4 is 10.0 Å². The van der Waals surface area contributed by atoms with Gasteiger partial charge >= 0.3 is 0 Å². The fraction of sp³-hybridized carbons (Fsp3) is 0.400. The molecule has 0 aliphatic rings. The lowest BCUT2D eigenvalue weighted by Gasteiger charge is -2.18. The summed E-state index contributed by atoms with van der Waals surface area (Å²) in [5.41, 5.74) is 3.33. The zero-order valence-electron chi connectivity index (χ0n) is 16.2. The molecule has 0 saturated carbocycles. The summed E-state index contributed by atoms with van der Waals surface area (Å²) < 4.78 is 31.6. The van der Waals surface area contributed by atoms with Crippen LogP contribution in [-0.4, -0.2) is 51.9 Å². The van der Waals surface area contributed by atoms with E-state index in [1.54, 1.807) is 32.3 Å². The monoisotopic (exact) mass is 376 g/mol. The maximum absolute atomic E-state index is 12.2. The number of sulfonamides is 1. The van der Waals surface area contributed by atoms with E-state index in [4.69, 9.17) is 4.74 Å². The third kappa shape index (κ3) is 5.56. The van der Waals surface area contributed by atoms with Crippen molar-refractivity contribution in [1.29, 1.82) is 0 Å². The van der Waals surface area contributed by atoms with Crippen LogP contribution in [0.15, 0.2) is 47.4 Å². The van der Waals surface area contributed by atoms with Gasteiger partial charge in [-0.05, 0) is 61.9 Å². The summed E-state index contributed by atoms with van der Waals surface area (Å²) in [6.45, 7) is 6.10. The van der Waals surface area contributed by atoms with Crippen molar-refractivity contribution in [2.24, 2.45) is 0 Å². The van der Waals surface area contributed by atoms with Crippen molar-refractivity contribution in [2.75, 3.05) is 34.3 Å². The van der Waals surface area contributed by atoms with Gasteiger partial charge in [-0.15, -0.1) is 0 Å². The SMILES string of the molecule is Cc1cc(C)cc(OCCN(C)Cc2cccc(S(=O)(=O)N(C)C)c2)c1. The number of hydrogen-bond acceptors (Lipinski definition) is 4.